The number of rotatable bonds is 1. The van der Waals surface area contributed by atoms with Crippen molar-refractivity contribution >= 4 is 11.3 Å². The van der Waals surface area contributed by atoms with Crippen LogP contribution in [0.15, 0.2) is 48.6 Å². The molecule has 1 aliphatic carbocycles. The van der Waals surface area contributed by atoms with E-state index in [0.717, 1.165) is 0 Å². The molecule has 2 nitrogen and oxygen atoms in total. The van der Waals surface area contributed by atoms with E-state index in [1.54, 1.807) is 0 Å². The number of allylic oxidation sites excluding steroid dienone is 4. The SMILES string of the molecule is [N-]=[N+]=C1C=CC(c2ccccc2)=CC1. The van der Waals surface area contributed by atoms with Gasteiger partial charge in [-0.15, -0.1) is 0 Å². The van der Waals surface area contributed by atoms with Gasteiger partial charge in [-0.1, -0.05) is 36.4 Å². The maximum absolute atomic E-state index is 8.56. The van der Waals surface area contributed by atoms with Crippen LogP contribution in [0.25, 0.3) is 11.1 Å². The highest BCUT2D eigenvalue weighted by molar-refractivity contribution is 5.98. The first-order valence-electron chi connectivity index (χ1n) is 4.55. The third-order valence-corrected chi connectivity index (χ3v) is 2.22. The first-order chi connectivity index (χ1) is 6.90. The lowest BCUT2D eigenvalue weighted by molar-refractivity contribution is -0.00535. The van der Waals surface area contributed by atoms with Gasteiger partial charge in [-0.25, -0.2) is 0 Å². The molecule has 0 unspecified atom stereocenters. The molecule has 0 bridgehead atoms. The summed E-state index contributed by atoms with van der Waals surface area (Å²) in [5.74, 6) is 0. The normalized spacial score (nSPS) is 14.9. The lowest BCUT2D eigenvalue weighted by Gasteiger charge is -2.04. The number of nitrogens with zero attached hydrogens (tertiary/aromatic N) is 2. The van der Waals surface area contributed by atoms with Crippen LogP contribution in [-0.2, 0) is 0 Å². The highest BCUT2D eigenvalue weighted by Gasteiger charge is 2.08. The van der Waals surface area contributed by atoms with E-state index in [9.17, 15) is 0 Å². The summed E-state index contributed by atoms with van der Waals surface area (Å²) in [5.41, 5.74) is 11.6. The Hall–Kier alpha value is -1.92. The summed E-state index contributed by atoms with van der Waals surface area (Å²) >= 11 is 0. The summed E-state index contributed by atoms with van der Waals surface area (Å²) in [7, 11) is 0. The lowest BCUT2D eigenvalue weighted by Crippen LogP contribution is -1.98. The van der Waals surface area contributed by atoms with Crippen LogP contribution in [0.2, 0.25) is 0 Å². The molecule has 68 valence electrons. The molecule has 0 spiro atoms. The molecule has 2 heteroatoms. The quantitative estimate of drug-likeness (QED) is 0.473. The van der Waals surface area contributed by atoms with Crippen LogP contribution in [0.5, 0.6) is 0 Å². The molecule has 2 rings (SSSR count). The molecule has 1 aromatic carbocycles. The molecule has 0 saturated heterocycles. The molecule has 0 N–H and O–H groups in total. The second kappa shape index (κ2) is 3.86. The Morgan fingerprint density at radius 1 is 1.07 bits per heavy atom. The zero-order valence-electron chi connectivity index (χ0n) is 7.72. The van der Waals surface area contributed by atoms with Gasteiger partial charge in [-0.2, -0.15) is 4.79 Å². The maximum atomic E-state index is 8.56. The van der Waals surface area contributed by atoms with E-state index < -0.39 is 0 Å². The van der Waals surface area contributed by atoms with Crippen LogP contribution in [0.1, 0.15) is 12.0 Å². The molecule has 0 fully saturated rings. The summed E-state index contributed by atoms with van der Waals surface area (Å²) in [6.07, 6.45) is 6.55. The predicted molar refractivity (Wildman–Crippen MR) is 56.8 cm³/mol. The van der Waals surface area contributed by atoms with Crippen LogP contribution in [0, 0.1) is 0 Å². The Bertz CT molecular complexity index is 435. The molecule has 1 aromatic rings. The zero-order valence-corrected chi connectivity index (χ0v) is 7.72. The highest BCUT2D eigenvalue weighted by atomic mass is 14.8. The van der Waals surface area contributed by atoms with Gasteiger partial charge < -0.3 is 5.53 Å². The van der Waals surface area contributed by atoms with E-state index in [0.29, 0.717) is 12.1 Å². The van der Waals surface area contributed by atoms with E-state index >= 15 is 0 Å². The van der Waals surface area contributed by atoms with Crippen molar-refractivity contribution in [2.45, 2.75) is 6.42 Å². The maximum Gasteiger partial charge on any atom is 0.295 e. The number of benzene rings is 1. The lowest BCUT2D eigenvalue weighted by atomic mass is 9.99. The molecule has 0 aliphatic heterocycles. The Labute approximate surface area is 82.8 Å². The van der Waals surface area contributed by atoms with Crippen molar-refractivity contribution < 1.29 is 4.79 Å². The van der Waals surface area contributed by atoms with Crippen LogP contribution >= 0.6 is 0 Å². The fourth-order valence-electron chi connectivity index (χ4n) is 1.46. The minimum Gasteiger partial charge on any atom is -0.361 e. The molecule has 0 atom stereocenters. The Morgan fingerprint density at radius 3 is 2.43 bits per heavy atom. The Morgan fingerprint density at radius 2 is 1.86 bits per heavy atom. The van der Waals surface area contributed by atoms with Crippen LogP contribution in [0.3, 0.4) is 0 Å². The van der Waals surface area contributed by atoms with Crippen molar-refractivity contribution in [3.63, 3.8) is 0 Å². The summed E-state index contributed by atoms with van der Waals surface area (Å²) < 4.78 is 0. The summed E-state index contributed by atoms with van der Waals surface area (Å²) in [4.78, 5) is 3.16. The molecule has 0 heterocycles. The number of hydrogen-bond donors (Lipinski definition) is 0. The van der Waals surface area contributed by atoms with Crippen molar-refractivity contribution in [2.24, 2.45) is 0 Å². The summed E-state index contributed by atoms with van der Waals surface area (Å²) in [5, 5.41) is 0. The van der Waals surface area contributed by atoms with Crippen molar-refractivity contribution in [3.05, 3.63) is 59.7 Å². The minimum atomic E-state index is 0.692. The smallest absolute Gasteiger partial charge is 0.295 e. The fraction of sp³-hybridized carbons (Fsp3) is 0.0833. The molecule has 14 heavy (non-hydrogen) atoms. The second-order valence-corrected chi connectivity index (χ2v) is 3.15. The van der Waals surface area contributed by atoms with Crippen LogP contribution in [-0.4, -0.2) is 10.5 Å². The topological polar surface area (TPSA) is 36.4 Å². The van der Waals surface area contributed by atoms with Gasteiger partial charge in [0.05, 0.1) is 6.42 Å². The fourth-order valence-corrected chi connectivity index (χ4v) is 1.46. The summed E-state index contributed by atoms with van der Waals surface area (Å²) in [6, 6.07) is 10.2. The molecule has 1 aliphatic rings. The molecular formula is C12H10N2. The van der Waals surface area contributed by atoms with Crippen molar-refractivity contribution in [1.82, 2.24) is 0 Å². The molecule has 0 aromatic heterocycles. The van der Waals surface area contributed by atoms with Crippen LogP contribution in [0.4, 0.5) is 0 Å². The van der Waals surface area contributed by atoms with Gasteiger partial charge in [0.15, 0.2) is 0 Å². The zero-order chi connectivity index (χ0) is 9.80. The third-order valence-electron chi connectivity index (χ3n) is 2.22. The van der Waals surface area contributed by atoms with E-state index in [2.05, 4.69) is 23.0 Å². The van der Waals surface area contributed by atoms with Gasteiger partial charge >= 0.3 is 0 Å². The molecular weight excluding hydrogens is 172 g/mol. The van der Waals surface area contributed by atoms with E-state index in [-0.39, 0.29) is 0 Å². The second-order valence-electron chi connectivity index (χ2n) is 3.15. The average Bonchev–Trinajstić information content (AvgIpc) is 2.30. The van der Waals surface area contributed by atoms with E-state index in [1.807, 2.05) is 30.4 Å². The van der Waals surface area contributed by atoms with Gasteiger partial charge in [-0.05, 0) is 17.2 Å². The number of hydrogen-bond acceptors (Lipinski definition) is 0. The summed E-state index contributed by atoms with van der Waals surface area (Å²) in [6.45, 7) is 0. The van der Waals surface area contributed by atoms with Gasteiger partial charge in [0, 0.05) is 6.08 Å². The highest BCUT2D eigenvalue weighted by Crippen LogP contribution is 2.19. The third kappa shape index (κ3) is 1.70. The standard InChI is InChI=1S/C12H10N2/c13-14-12-8-6-11(7-9-12)10-4-2-1-3-5-10/h1-8H,9H2. The Balaban J connectivity index is 2.29. The predicted octanol–water partition coefficient (Wildman–Crippen LogP) is 2.70. The first-order valence-corrected chi connectivity index (χ1v) is 4.55. The van der Waals surface area contributed by atoms with Crippen molar-refractivity contribution in [1.29, 1.82) is 0 Å². The largest absolute Gasteiger partial charge is 0.361 e. The monoisotopic (exact) mass is 182 g/mol. The first kappa shape index (κ1) is 8.67. The van der Waals surface area contributed by atoms with Gasteiger partial charge in [-0.3, -0.25) is 0 Å². The molecule has 0 saturated carbocycles. The minimum absolute atomic E-state index is 0.692. The van der Waals surface area contributed by atoms with Crippen LogP contribution < -0.4 is 0 Å². The van der Waals surface area contributed by atoms with E-state index in [4.69, 9.17) is 5.53 Å². The molecule has 0 amide bonds. The average molecular weight is 182 g/mol. The van der Waals surface area contributed by atoms with Gasteiger partial charge in [0.1, 0.15) is 0 Å². The Kier molecular flexibility index (Phi) is 2.39. The molecule has 0 radical (unpaired) electrons. The van der Waals surface area contributed by atoms with E-state index in [1.165, 1.54) is 11.1 Å². The van der Waals surface area contributed by atoms with Gasteiger partial charge in [0.25, 0.3) is 5.71 Å². The van der Waals surface area contributed by atoms with Gasteiger partial charge in [0.2, 0.25) is 0 Å². The van der Waals surface area contributed by atoms with Crippen molar-refractivity contribution in [2.75, 3.05) is 0 Å². The van der Waals surface area contributed by atoms with Crippen molar-refractivity contribution in [3.8, 4) is 0 Å².